The topological polar surface area (TPSA) is 89.0 Å². The van der Waals surface area contributed by atoms with Crippen molar-refractivity contribution >= 4 is 17.5 Å². The molecule has 0 bridgehead atoms. The maximum Gasteiger partial charge on any atom is 0.259 e. The summed E-state index contributed by atoms with van der Waals surface area (Å²) in [6, 6.07) is 9.34. The lowest BCUT2D eigenvalue weighted by molar-refractivity contribution is 0.0615. The summed E-state index contributed by atoms with van der Waals surface area (Å²) >= 11 is 0. The van der Waals surface area contributed by atoms with Crippen LogP contribution in [0.1, 0.15) is 58.4 Å². The smallest absolute Gasteiger partial charge is 0.259 e. The molecular weight excluding hydrogens is 442 g/mol. The Balaban J connectivity index is 1.59. The van der Waals surface area contributed by atoms with Gasteiger partial charge in [-0.05, 0) is 55.3 Å². The molecule has 1 aromatic carbocycles. The molecule has 2 amide bonds. The third kappa shape index (κ3) is 6.66. The van der Waals surface area contributed by atoms with Crippen molar-refractivity contribution in [1.29, 1.82) is 0 Å². The molecule has 0 saturated carbocycles. The molecule has 8 heteroatoms. The number of pyridine rings is 1. The van der Waals surface area contributed by atoms with E-state index in [1.54, 1.807) is 24.5 Å². The van der Waals surface area contributed by atoms with Gasteiger partial charge in [-0.3, -0.25) is 19.5 Å². The van der Waals surface area contributed by atoms with E-state index < -0.39 is 0 Å². The van der Waals surface area contributed by atoms with E-state index in [0.717, 1.165) is 50.1 Å². The van der Waals surface area contributed by atoms with E-state index in [1.165, 1.54) is 12.8 Å². The molecule has 1 aromatic heterocycles. The Morgan fingerprint density at radius 3 is 2.49 bits per heavy atom. The van der Waals surface area contributed by atoms with E-state index in [1.807, 2.05) is 28.0 Å². The Morgan fingerprint density at radius 2 is 1.71 bits per heavy atom. The van der Waals surface area contributed by atoms with E-state index in [9.17, 15) is 14.7 Å². The van der Waals surface area contributed by atoms with Crippen molar-refractivity contribution in [2.24, 2.45) is 0 Å². The SMILES string of the molecule is O=C(c1ccc2c(c1)CNCCCCCCCN2C(=O)c1cccnc1)N1CCN(CCO)CC1. The van der Waals surface area contributed by atoms with Crippen LogP contribution in [0.5, 0.6) is 0 Å². The molecule has 35 heavy (non-hydrogen) atoms. The van der Waals surface area contributed by atoms with Gasteiger partial charge < -0.3 is 20.2 Å². The largest absolute Gasteiger partial charge is 0.395 e. The number of amides is 2. The van der Waals surface area contributed by atoms with Crippen LogP contribution in [-0.4, -0.2) is 84.1 Å². The highest BCUT2D eigenvalue weighted by molar-refractivity contribution is 6.06. The zero-order valence-corrected chi connectivity index (χ0v) is 20.5. The number of nitrogens with one attached hydrogen (secondary N) is 1. The maximum atomic E-state index is 13.5. The van der Waals surface area contributed by atoms with Crippen molar-refractivity contribution in [3.63, 3.8) is 0 Å². The molecule has 2 aromatic rings. The summed E-state index contributed by atoms with van der Waals surface area (Å²) in [7, 11) is 0. The van der Waals surface area contributed by atoms with Crippen LogP contribution in [-0.2, 0) is 6.54 Å². The third-order valence-corrected chi connectivity index (χ3v) is 6.90. The zero-order valence-electron chi connectivity index (χ0n) is 20.5. The van der Waals surface area contributed by atoms with Crippen LogP contribution in [0.25, 0.3) is 0 Å². The Hall–Kier alpha value is -2.81. The highest BCUT2D eigenvalue weighted by Crippen LogP contribution is 2.26. The number of aliphatic hydroxyl groups excluding tert-OH is 1. The molecule has 8 nitrogen and oxygen atoms in total. The number of carbonyl (C=O) groups excluding carboxylic acids is 2. The van der Waals surface area contributed by atoms with E-state index in [0.29, 0.717) is 43.9 Å². The number of anilines is 1. The highest BCUT2D eigenvalue weighted by Gasteiger charge is 2.25. The fraction of sp³-hybridized carbons (Fsp3) is 0.519. The van der Waals surface area contributed by atoms with Crippen LogP contribution < -0.4 is 10.2 Å². The van der Waals surface area contributed by atoms with Crippen molar-refractivity contribution in [2.45, 2.75) is 38.6 Å². The maximum absolute atomic E-state index is 13.5. The van der Waals surface area contributed by atoms with Crippen LogP contribution in [0.15, 0.2) is 42.7 Å². The number of fused-ring (bicyclic) bond motifs is 1. The summed E-state index contributed by atoms with van der Waals surface area (Å²) in [5.74, 6) is -0.0387. The molecule has 4 rings (SSSR count). The Labute approximate surface area is 207 Å². The minimum atomic E-state index is -0.0597. The fourth-order valence-corrected chi connectivity index (χ4v) is 4.87. The summed E-state index contributed by atoms with van der Waals surface area (Å²) < 4.78 is 0. The molecule has 0 aliphatic carbocycles. The first kappa shape index (κ1) is 25.3. The monoisotopic (exact) mass is 479 g/mol. The first-order chi connectivity index (χ1) is 17.2. The molecule has 3 heterocycles. The lowest BCUT2D eigenvalue weighted by atomic mass is 10.0. The summed E-state index contributed by atoms with van der Waals surface area (Å²) in [5, 5.41) is 12.7. The lowest BCUT2D eigenvalue weighted by Gasteiger charge is -2.34. The van der Waals surface area contributed by atoms with Gasteiger partial charge in [0.05, 0.1) is 12.2 Å². The van der Waals surface area contributed by atoms with Gasteiger partial charge in [0.15, 0.2) is 0 Å². The standard InChI is InChI=1S/C27H37N5O3/c33-18-17-30-13-15-31(16-14-30)26(34)22-8-9-25-24(19-22)21-28-10-4-2-1-3-5-12-32(25)27(35)23-7-6-11-29-20-23/h6-9,11,19-20,28,33H,1-5,10,12-18,21H2. The molecule has 2 N–H and O–H groups in total. The number of aliphatic hydroxyl groups is 1. The molecule has 2 aliphatic heterocycles. The Kier molecular flexibility index (Phi) is 9.22. The van der Waals surface area contributed by atoms with Gasteiger partial charge in [0, 0.05) is 69.5 Å². The van der Waals surface area contributed by atoms with Crippen LogP contribution in [0.4, 0.5) is 5.69 Å². The number of nitrogens with zero attached hydrogens (tertiary/aromatic N) is 4. The van der Waals surface area contributed by atoms with Gasteiger partial charge in [-0.15, -0.1) is 0 Å². The van der Waals surface area contributed by atoms with Gasteiger partial charge in [-0.25, -0.2) is 0 Å². The van der Waals surface area contributed by atoms with Crippen LogP contribution in [0, 0.1) is 0 Å². The summed E-state index contributed by atoms with van der Waals surface area (Å²) in [4.78, 5) is 36.9. The fourth-order valence-electron chi connectivity index (χ4n) is 4.87. The third-order valence-electron chi connectivity index (χ3n) is 6.90. The minimum absolute atomic E-state index is 0.0210. The van der Waals surface area contributed by atoms with Gasteiger partial charge in [0.1, 0.15) is 0 Å². The van der Waals surface area contributed by atoms with Crippen LogP contribution >= 0.6 is 0 Å². The van der Waals surface area contributed by atoms with Crippen molar-refractivity contribution in [2.75, 3.05) is 57.3 Å². The molecule has 0 unspecified atom stereocenters. The predicted octanol–water partition coefficient (Wildman–Crippen LogP) is 2.53. The summed E-state index contributed by atoms with van der Waals surface area (Å²) in [6.45, 7) is 5.80. The van der Waals surface area contributed by atoms with E-state index >= 15 is 0 Å². The lowest BCUT2D eigenvalue weighted by Crippen LogP contribution is -2.49. The highest BCUT2D eigenvalue weighted by atomic mass is 16.3. The number of rotatable bonds is 4. The Morgan fingerprint density at radius 1 is 0.914 bits per heavy atom. The second-order valence-corrected chi connectivity index (χ2v) is 9.34. The molecular formula is C27H37N5O3. The summed E-state index contributed by atoms with van der Waals surface area (Å²) in [5.41, 5.74) is 3.05. The molecule has 0 spiro atoms. The number of carbonyl (C=O) groups is 2. The molecule has 2 aliphatic rings. The van der Waals surface area contributed by atoms with E-state index in [4.69, 9.17) is 0 Å². The first-order valence-corrected chi connectivity index (χ1v) is 12.9. The average Bonchev–Trinajstić information content (AvgIpc) is 2.89. The molecule has 0 radical (unpaired) electrons. The second kappa shape index (κ2) is 12.8. The molecule has 1 fully saturated rings. The second-order valence-electron chi connectivity index (χ2n) is 9.34. The number of hydrogen-bond donors (Lipinski definition) is 2. The van der Waals surface area contributed by atoms with Crippen molar-refractivity contribution in [3.8, 4) is 0 Å². The van der Waals surface area contributed by atoms with Gasteiger partial charge in [0.2, 0.25) is 0 Å². The van der Waals surface area contributed by atoms with E-state index in [2.05, 4.69) is 15.2 Å². The van der Waals surface area contributed by atoms with Crippen molar-refractivity contribution in [1.82, 2.24) is 20.1 Å². The first-order valence-electron chi connectivity index (χ1n) is 12.9. The number of hydrogen-bond acceptors (Lipinski definition) is 6. The predicted molar refractivity (Wildman–Crippen MR) is 137 cm³/mol. The van der Waals surface area contributed by atoms with Crippen molar-refractivity contribution < 1.29 is 14.7 Å². The van der Waals surface area contributed by atoms with Gasteiger partial charge in [-0.1, -0.05) is 19.3 Å². The normalized spacial score (nSPS) is 18.3. The van der Waals surface area contributed by atoms with Crippen LogP contribution in [0.2, 0.25) is 0 Å². The summed E-state index contributed by atoms with van der Waals surface area (Å²) in [6.07, 6.45) is 8.80. The number of piperazine rings is 1. The Bertz CT molecular complexity index is 976. The van der Waals surface area contributed by atoms with Crippen molar-refractivity contribution in [3.05, 3.63) is 59.4 Å². The average molecular weight is 480 g/mol. The zero-order chi connectivity index (χ0) is 24.5. The number of benzene rings is 1. The van der Waals surface area contributed by atoms with Gasteiger partial charge >= 0.3 is 0 Å². The minimum Gasteiger partial charge on any atom is -0.395 e. The van der Waals surface area contributed by atoms with E-state index in [-0.39, 0.29) is 18.4 Å². The van der Waals surface area contributed by atoms with Gasteiger partial charge in [-0.2, -0.15) is 0 Å². The van der Waals surface area contributed by atoms with Gasteiger partial charge in [0.25, 0.3) is 11.8 Å². The molecule has 188 valence electrons. The quantitative estimate of drug-likeness (QED) is 0.701. The number of aromatic nitrogens is 1. The molecule has 0 atom stereocenters. The van der Waals surface area contributed by atoms with Crippen LogP contribution in [0.3, 0.4) is 0 Å². The molecule has 1 saturated heterocycles. The number of β-amino-alcohol motifs (C(OH)–C–C–N with tert-alkyl or cyclic N) is 1.